The summed E-state index contributed by atoms with van der Waals surface area (Å²) in [5, 5.41) is 18.6. The summed E-state index contributed by atoms with van der Waals surface area (Å²) in [6.07, 6.45) is 2.14. The average Bonchev–Trinajstić information content (AvgIpc) is 2.31. The molecular formula is C13H14O4. The van der Waals surface area contributed by atoms with Crippen molar-refractivity contribution >= 4 is 11.8 Å². The van der Waals surface area contributed by atoms with Gasteiger partial charge in [0.1, 0.15) is 5.75 Å². The molecule has 1 atom stereocenters. The topological polar surface area (TPSA) is 74.6 Å². The Morgan fingerprint density at radius 3 is 2.35 bits per heavy atom. The normalized spacial score (nSPS) is 24.6. The highest BCUT2D eigenvalue weighted by Crippen LogP contribution is 2.37. The Bertz CT molecular complexity index is 449. The Morgan fingerprint density at radius 1 is 1.18 bits per heavy atom. The first-order chi connectivity index (χ1) is 8.07. The molecule has 0 spiro atoms. The third-order valence-electron chi connectivity index (χ3n) is 3.41. The molecule has 1 fully saturated rings. The SMILES string of the molecule is O=C(O)C1(c2ccc(O)cc2)CCCCC1=O. The quantitative estimate of drug-likeness (QED) is 0.766. The van der Waals surface area contributed by atoms with Gasteiger partial charge in [0.25, 0.3) is 0 Å². The van der Waals surface area contributed by atoms with Crippen molar-refractivity contribution in [1.29, 1.82) is 0 Å². The van der Waals surface area contributed by atoms with Crippen LogP contribution in [0, 0.1) is 0 Å². The summed E-state index contributed by atoms with van der Waals surface area (Å²) in [5.41, 5.74) is -0.945. The lowest BCUT2D eigenvalue weighted by Crippen LogP contribution is -2.45. The van der Waals surface area contributed by atoms with Gasteiger partial charge in [-0.25, -0.2) is 0 Å². The molecule has 1 aromatic carbocycles. The summed E-state index contributed by atoms with van der Waals surface area (Å²) >= 11 is 0. The second kappa shape index (κ2) is 4.20. The number of ketones is 1. The smallest absolute Gasteiger partial charge is 0.321 e. The van der Waals surface area contributed by atoms with Gasteiger partial charge in [0, 0.05) is 6.42 Å². The molecule has 0 saturated heterocycles. The summed E-state index contributed by atoms with van der Waals surface area (Å²) in [6, 6.07) is 5.88. The molecule has 2 rings (SSSR count). The molecule has 0 aliphatic heterocycles. The Labute approximate surface area is 98.9 Å². The number of carbonyl (C=O) groups excluding carboxylic acids is 1. The van der Waals surface area contributed by atoms with Crippen LogP contribution in [-0.2, 0) is 15.0 Å². The van der Waals surface area contributed by atoms with Gasteiger partial charge < -0.3 is 10.2 Å². The maximum Gasteiger partial charge on any atom is 0.321 e. The summed E-state index contributed by atoms with van der Waals surface area (Å²) in [7, 11) is 0. The molecule has 0 radical (unpaired) electrons. The predicted molar refractivity (Wildman–Crippen MR) is 60.9 cm³/mol. The van der Waals surface area contributed by atoms with E-state index in [9.17, 15) is 19.8 Å². The number of benzene rings is 1. The standard InChI is InChI=1S/C13H14O4/c14-10-6-4-9(5-7-10)13(12(16)17)8-2-1-3-11(13)15/h4-7,14H,1-3,8H2,(H,16,17). The minimum absolute atomic E-state index is 0.0672. The monoisotopic (exact) mass is 234 g/mol. The van der Waals surface area contributed by atoms with Crippen LogP contribution in [0.4, 0.5) is 0 Å². The Morgan fingerprint density at radius 2 is 1.82 bits per heavy atom. The molecule has 17 heavy (non-hydrogen) atoms. The molecule has 90 valence electrons. The molecule has 1 saturated carbocycles. The van der Waals surface area contributed by atoms with Crippen molar-refractivity contribution in [2.45, 2.75) is 31.1 Å². The average molecular weight is 234 g/mol. The van der Waals surface area contributed by atoms with E-state index in [1.165, 1.54) is 24.3 Å². The number of phenolic OH excluding ortho intramolecular Hbond substituents is 1. The van der Waals surface area contributed by atoms with Gasteiger partial charge in [-0.2, -0.15) is 0 Å². The number of aliphatic carboxylic acids is 1. The number of rotatable bonds is 2. The van der Waals surface area contributed by atoms with Crippen molar-refractivity contribution in [3.63, 3.8) is 0 Å². The fourth-order valence-electron chi connectivity index (χ4n) is 2.43. The van der Waals surface area contributed by atoms with Gasteiger partial charge >= 0.3 is 5.97 Å². The summed E-state index contributed by atoms with van der Waals surface area (Å²) in [6.45, 7) is 0. The molecule has 1 unspecified atom stereocenters. The van der Waals surface area contributed by atoms with Crippen molar-refractivity contribution in [2.24, 2.45) is 0 Å². The molecule has 0 aromatic heterocycles. The van der Waals surface area contributed by atoms with Crippen LogP contribution in [0.2, 0.25) is 0 Å². The second-order valence-corrected chi connectivity index (χ2v) is 4.39. The summed E-state index contributed by atoms with van der Waals surface area (Å²) < 4.78 is 0. The lowest BCUT2D eigenvalue weighted by atomic mass is 9.68. The van der Waals surface area contributed by atoms with E-state index in [-0.39, 0.29) is 11.5 Å². The number of aromatic hydroxyl groups is 1. The molecule has 1 aliphatic carbocycles. The zero-order valence-electron chi connectivity index (χ0n) is 9.35. The molecule has 0 bridgehead atoms. The number of hydrogen-bond donors (Lipinski definition) is 2. The third kappa shape index (κ3) is 1.79. The molecule has 0 heterocycles. The van der Waals surface area contributed by atoms with E-state index in [2.05, 4.69) is 0 Å². The minimum Gasteiger partial charge on any atom is -0.508 e. The minimum atomic E-state index is -1.41. The van der Waals surface area contributed by atoms with Gasteiger partial charge in [-0.05, 0) is 30.5 Å². The van der Waals surface area contributed by atoms with Gasteiger partial charge in [-0.15, -0.1) is 0 Å². The highest BCUT2D eigenvalue weighted by Gasteiger charge is 2.48. The Balaban J connectivity index is 2.50. The number of carbonyl (C=O) groups is 2. The van der Waals surface area contributed by atoms with Crippen LogP contribution in [-0.4, -0.2) is 22.0 Å². The van der Waals surface area contributed by atoms with E-state index in [4.69, 9.17) is 0 Å². The predicted octanol–water partition coefficient (Wildman–Crippen LogP) is 1.86. The first-order valence-electron chi connectivity index (χ1n) is 5.63. The van der Waals surface area contributed by atoms with Crippen molar-refractivity contribution in [3.8, 4) is 5.75 Å². The largest absolute Gasteiger partial charge is 0.508 e. The Kier molecular flexibility index (Phi) is 2.88. The third-order valence-corrected chi connectivity index (χ3v) is 3.41. The molecule has 2 N–H and O–H groups in total. The summed E-state index contributed by atoms with van der Waals surface area (Å²) in [4.78, 5) is 23.5. The van der Waals surface area contributed by atoms with Gasteiger partial charge in [0.2, 0.25) is 0 Å². The maximum atomic E-state index is 12.0. The van der Waals surface area contributed by atoms with Crippen LogP contribution in [0.3, 0.4) is 0 Å². The van der Waals surface area contributed by atoms with Crippen LogP contribution in [0.5, 0.6) is 5.75 Å². The van der Waals surface area contributed by atoms with E-state index < -0.39 is 11.4 Å². The van der Waals surface area contributed by atoms with Crippen LogP contribution >= 0.6 is 0 Å². The summed E-state index contributed by atoms with van der Waals surface area (Å²) in [5.74, 6) is -1.26. The lowest BCUT2D eigenvalue weighted by molar-refractivity contribution is -0.150. The van der Waals surface area contributed by atoms with Crippen molar-refractivity contribution in [1.82, 2.24) is 0 Å². The molecular weight excluding hydrogens is 220 g/mol. The Hall–Kier alpha value is -1.84. The van der Waals surface area contributed by atoms with Crippen molar-refractivity contribution < 1.29 is 19.8 Å². The lowest BCUT2D eigenvalue weighted by Gasteiger charge is -2.32. The van der Waals surface area contributed by atoms with Crippen LogP contribution < -0.4 is 0 Å². The maximum absolute atomic E-state index is 12.0. The number of carboxylic acids is 1. The van der Waals surface area contributed by atoms with Gasteiger partial charge in [0.15, 0.2) is 11.2 Å². The van der Waals surface area contributed by atoms with Crippen molar-refractivity contribution in [3.05, 3.63) is 29.8 Å². The number of hydrogen-bond acceptors (Lipinski definition) is 3. The number of carboxylic acid groups (broad SMARTS) is 1. The van der Waals surface area contributed by atoms with Gasteiger partial charge in [-0.3, -0.25) is 9.59 Å². The van der Waals surface area contributed by atoms with Crippen LogP contribution in [0.1, 0.15) is 31.2 Å². The molecule has 1 aliphatic rings. The van der Waals surface area contributed by atoms with Crippen LogP contribution in [0.15, 0.2) is 24.3 Å². The molecule has 4 heteroatoms. The molecule has 4 nitrogen and oxygen atoms in total. The highest BCUT2D eigenvalue weighted by molar-refractivity contribution is 6.09. The highest BCUT2D eigenvalue weighted by atomic mass is 16.4. The van der Waals surface area contributed by atoms with E-state index >= 15 is 0 Å². The first-order valence-corrected chi connectivity index (χ1v) is 5.63. The zero-order valence-corrected chi connectivity index (χ0v) is 9.35. The first kappa shape index (κ1) is 11.6. The fourth-order valence-corrected chi connectivity index (χ4v) is 2.43. The second-order valence-electron chi connectivity index (χ2n) is 4.39. The van der Waals surface area contributed by atoms with Crippen molar-refractivity contribution in [2.75, 3.05) is 0 Å². The van der Waals surface area contributed by atoms with E-state index in [0.717, 1.165) is 12.8 Å². The van der Waals surface area contributed by atoms with E-state index in [1.54, 1.807) is 0 Å². The van der Waals surface area contributed by atoms with E-state index in [1.807, 2.05) is 0 Å². The fraction of sp³-hybridized carbons (Fsp3) is 0.385. The number of Topliss-reactive ketones (excluding diaryl/α,β-unsaturated/α-hetero) is 1. The molecule has 1 aromatic rings. The number of phenols is 1. The van der Waals surface area contributed by atoms with E-state index in [0.29, 0.717) is 18.4 Å². The molecule has 0 amide bonds. The van der Waals surface area contributed by atoms with Gasteiger partial charge in [-0.1, -0.05) is 18.6 Å². The zero-order chi connectivity index (χ0) is 12.5. The van der Waals surface area contributed by atoms with Crippen LogP contribution in [0.25, 0.3) is 0 Å². The van der Waals surface area contributed by atoms with Gasteiger partial charge in [0.05, 0.1) is 0 Å².